The van der Waals surface area contributed by atoms with Gasteiger partial charge in [0.05, 0.1) is 15.6 Å². The Balaban J connectivity index is 1.50. The fourth-order valence-corrected chi connectivity index (χ4v) is 5.30. The summed E-state index contributed by atoms with van der Waals surface area (Å²) in [5, 5.41) is 1.55. The van der Waals surface area contributed by atoms with Crippen LogP contribution in [0.3, 0.4) is 0 Å². The molecule has 5 nitrogen and oxygen atoms in total. The lowest BCUT2D eigenvalue weighted by Crippen LogP contribution is -2.32. The second-order valence-electron chi connectivity index (χ2n) is 7.30. The largest absolute Gasteiger partial charge is 0.454 e. The molecule has 0 fully saturated rings. The molecule has 32 heavy (non-hydrogen) atoms. The van der Waals surface area contributed by atoms with E-state index in [1.165, 1.54) is 11.3 Å². The van der Waals surface area contributed by atoms with E-state index < -0.39 is 0 Å². The molecule has 0 aliphatic carbocycles. The zero-order valence-corrected chi connectivity index (χ0v) is 18.2. The fourth-order valence-electron chi connectivity index (χ4n) is 3.80. The van der Waals surface area contributed by atoms with Crippen molar-refractivity contribution in [1.29, 1.82) is 0 Å². The Bertz CT molecular complexity index is 1440. The summed E-state index contributed by atoms with van der Waals surface area (Å²) in [6.07, 6.45) is 1.76. The molecule has 3 heterocycles. The molecule has 0 radical (unpaired) electrons. The number of carbonyl (C=O) groups excluding carboxylic acids is 1. The number of fused-ring (bicyclic) bond motifs is 2. The van der Waals surface area contributed by atoms with Crippen LogP contribution in [0.5, 0.6) is 11.5 Å². The lowest BCUT2D eigenvalue weighted by molar-refractivity contribution is -0.113. The van der Waals surface area contributed by atoms with Gasteiger partial charge in [0, 0.05) is 10.1 Å². The van der Waals surface area contributed by atoms with Crippen LogP contribution < -0.4 is 14.4 Å². The molecule has 4 aromatic rings. The number of aliphatic imine (C=N–C) groups is 1. The summed E-state index contributed by atoms with van der Waals surface area (Å²) in [6, 6.07) is 22.9. The summed E-state index contributed by atoms with van der Waals surface area (Å²) < 4.78 is 11.9. The van der Waals surface area contributed by atoms with Crippen molar-refractivity contribution in [3.63, 3.8) is 0 Å². The second kappa shape index (κ2) is 7.51. The molecule has 0 saturated carbocycles. The predicted molar refractivity (Wildman–Crippen MR) is 128 cm³/mol. The van der Waals surface area contributed by atoms with Gasteiger partial charge in [-0.25, -0.2) is 4.99 Å². The van der Waals surface area contributed by atoms with E-state index >= 15 is 0 Å². The Morgan fingerprint density at radius 2 is 1.75 bits per heavy atom. The highest BCUT2D eigenvalue weighted by Crippen LogP contribution is 2.39. The first-order valence-corrected chi connectivity index (χ1v) is 11.2. The summed E-state index contributed by atoms with van der Waals surface area (Å²) in [4.78, 5) is 20.6. The minimum atomic E-state index is -0.211. The molecule has 0 N–H and O–H groups in total. The molecule has 6 rings (SSSR count). The highest BCUT2D eigenvalue weighted by Gasteiger charge is 2.35. The number of halogens is 1. The summed E-state index contributed by atoms with van der Waals surface area (Å²) >= 11 is 8.28. The van der Waals surface area contributed by atoms with Crippen molar-refractivity contribution >= 4 is 56.5 Å². The van der Waals surface area contributed by atoms with Crippen molar-refractivity contribution in [2.24, 2.45) is 4.99 Å². The molecule has 3 aromatic carbocycles. The molecule has 0 spiro atoms. The maximum Gasteiger partial charge on any atom is 0.282 e. The molecule has 2 aliphatic heterocycles. The zero-order chi connectivity index (χ0) is 21.7. The molecule has 2 aliphatic rings. The fraction of sp³-hybridized carbons (Fsp3) is 0.0400. The van der Waals surface area contributed by atoms with Crippen molar-refractivity contribution in [3.05, 3.63) is 94.0 Å². The molecular weight excluding hydrogens is 444 g/mol. The van der Waals surface area contributed by atoms with Gasteiger partial charge in [0.25, 0.3) is 5.91 Å². The molecule has 1 aromatic heterocycles. The minimum absolute atomic E-state index is 0.197. The normalized spacial score (nSPS) is 16.3. The van der Waals surface area contributed by atoms with Crippen LogP contribution in [-0.4, -0.2) is 18.5 Å². The van der Waals surface area contributed by atoms with Crippen molar-refractivity contribution < 1.29 is 14.3 Å². The second-order valence-corrected chi connectivity index (χ2v) is 8.73. The van der Waals surface area contributed by atoms with E-state index in [4.69, 9.17) is 26.1 Å². The third kappa shape index (κ3) is 3.07. The molecule has 0 saturated heterocycles. The van der Waals surface area contributed by atoms with Crippen molar-refractivity contribution in [1.82, 2.24) is 0 Å². The SMILES string of the molecule is O=C1/C(=C\c2ccc3c(c2)OCO3)N=C(c2sc3ccccc3c2Cl)N1c1ccccc1. The van der Waals surface area contributed by atoms with Crippen LogP contribution >= 0.6 is 22.9 Å². The molecular formula is C25H15ClN2O3S. The van der Waals surface area contributed by atoms with Crippen LogP contribution in [0, 0.1) is 0 Å². The predicted octanol–water partition coefficient (Wildman–Crippen LogP) is 6.12. The van der Waals surface area contributed by atoms with Crippen LogP contribution in [0.2, 0.25) is 5.02 Å². The van der Waals surface area contributed by atoms with E-state index in [1.54, 1.807) is 11.0 Å². The Morgan fingerprint density at radius 3 is 2.59 bits per heavy atom. The average molecular weight is 459 g/mol. The molecule has 7 heteroatoms. The Hall–Kier alpha value is -3.61. The zero-order valence-electron chi connectivity index (χ0n) is 16.6. The maximum absolute atomic E-state index is 13.5. The average Bonchev–Trinajstić information content (AvgIpc) is 3.51. The van der Waals surface area contributed by atoms with Gasteiger partial charge in [0.1, 0.15) is 5.70 Å². The first kappa shape index (κ1) is 19.1. The van der Waals surface area contributed by atoms with Gasteiger partial charge in [-0.05, 0) is 42.0 Å². The number of thiophene rings is 1. The number of rotatable bonds is 3. The van der Waals surface area contributed by atoms with E-state index in [2.05, 4.69) is 0 Å². The van der Waals surface area contributed by atoms with Gasteiger partial charge in [0.15, 0.2) is 17.3 Å². The lowest BCUT2D eigenvalue weighted by Gasteiger charge is -2.17. The Kier molecular flexibility index (Phi) is 4.48. The van der Waals surface area contributed by atoms with Crippen LogP contribution in [0.1, 0.15) is 10.4 Å². The maximum atomic E-state index is 13.5. The number of carbonyl (C=O) groups is 1. The van der Waals surface area contributed by atoms with Gasteiger partial charge in [0.2, 0.25) is 6.79 Å². The molecule has 1 amide bonds. The number of benzene rings is 3. The highest BCUT2D eigenvalue weighted by molar-refractivity contribution is 7.21. The van der Waals surface area contributed by atoms with Crippen molar-refractivity contribution in [2.45, 2.75) is 0 Å². The monoisotopic (exact) mass is 458 g/mol. The van der Waals surface area contributed by atoms with Crippen molar-refractivity contribution in [3.8, 4) is 11.5 Å². The number of hydrogen-bond donors (Lipinski definition) is 0. The highest BCUT2D eigenvalue weighted by atomic mass is 35.5. The number of amidine groups is 1. The third-order valence-electron chi connectivity index (χ3n) is 5.31. The standard InChI is InChI=1S/C25H15ClN2O3S/c26-22-17-8-4-5-9-21(17)32-23(22)24-27-18(25(29)28(24)16-6-2-1-3-7-16)12-15-10-11-19-20(13-15)31-14-30-19/h1-13H,14H2/b18-12+. The van der Waals surface area contributed by atoms with Crippen molar-refractivity contribution in [2.75, 3.05) is 11.7 Å². The smallest absolute Gasteiger partial charge is 0.282 e. The number of para-hydroxylation sites is 1. The first-order chi connectivity index (χ1) is 15.7. The van der Waals surface area contributed by atoms with E-state index in [0.717, 1.165) is 26.2 Å². The van der Waals surface area contributed by atoms with Crippen LogP contribution in [0.15, 0.2) is 83.5 Å². The van der Waals surface area contributed by atoms with Crippen LogP contribution in [0.25, 0.3) is 16.2 Å². The number of nitrogens with zero attached hydrogens (tertiary/aromatic N) is 2. The van der Waals surface area contributed by atoms with Crippen LogP contribution in [-0.2, 0) is 4.79 Å². The third-order valence-corrected chi connectivity index (χ3v) is 6.98. The van der Waals surface area contributed by atoms with Gasteiger partial charge in [-0.15, -0.1) is 11.3 Å². The molecule has 156 valence electrons. The minimum Gasteiger partial charge on any atom is -0.454 e. The molecule has 0 unspecified atom stereocenters. The number of hydrogen-bond acceptors (Lipinski definition) is 5. The number of ether oxygens (including phenoxy) is 2. The molecule has 0 atom stereocenters. The topological polar surface area (TPSA) is 51.1 Å². The van der Waals surface area contributed by atoms with E-state index in [9.17, 15) is 4.79 Å². The van der Waals surface area contributed by atoms with Gasteiger partial charge in [-0.1, -0.05) is 54.1 Å². The summed E-state index contributed by atoms with van der Waals surface area (Å²) in [7, 11) is 0. The summed E-state index contributed by atoms with van der Waals surface area (Å²) in [6.45, 7) is 0.197. The molecule has 0 bridgehead atoms. The lowest BCUT2D eigenvalue weighted by atomic mass is 10.1. The van der Waals surface area contributed by atoms with E-state index in [-0.39, 0.29) is 12.7 Å². The quantitative estimate of drug-likeness (QED) is 0.347. The van der Waals surface area contributed by atoms with Gasteiger partial charge < -0.3 is 9.47 Å². The van der Waals surface area contributed by atoms with Gasteiger partial charge >= 0.3 is 0 Å². The van der Waals surface area contributed by atoms with E-state index in [1.807, 2.05) is 72.8 Å². The van der Waals surface area contributed by atoms with Gasteiger partial charge in [-0.2, -0.15) is 0 Å². The summed E-state index contributed by atoms with van der Waals surface area (Å²) in [5.41, 5.74) is 1.87. The van der Waals surface area contributed by atoms with E-state index in [0.29, 0.717) is 28.1 Å². The van der Waals surface area contributed by atoms with Gasteiger partial charge in [-0.3, -0.25) is 9.69 Å². The summed E-state index contributed by atoms with van der Waals surface area (Å²) in [5.74, 6) is 1.66. The number of anilines is 1. The Morgan fingerprint density at radius 1 is 0.969 bits per heavy atom. The van der Waals surface area contributed by atoms with Crippen LogP contribution in [0.4, 0.5) is 5.69 Å². The number of amides is 1. The Labute approximate surface area is 192 Å². The first-order valence-electron chi connectivity index (χ1n) is 9.96.